The predicted octanol–water partition coefficient (Wildman–Crippen LogP) is 9.68. The monoisotopic (exact) mass is 636 g/mol. The standard InChI is InChI=1S/C46H45BN2/c1-5-28-19-20-40-38(26-28)47-37-15-9-14-36-44(37)49(39-16-7-6-13-35(39)46(36)32-22-29-21-30(24-32)25-33(46)23-29)42-18-10-17-41(43(42)47)48(40)34-12-8-11-31(27-34)45(2,3)4/h6-20,26-27,29-30,32-33H,5,21-25H2,1-4H3. The summed E-state index contributed by atoms with van der Waals surface area (Å²) in [7, 11) is 0. The Balaban J connectivity index is 1.21. The molecule has 5 aromatic rings. The summed E-state index contributed by atoms with van der Waals surface area (Å²) < 4.78 is 0. The van der Waals surface area contributed by atoms with Crippen LogP contribution in [0.2, 0.25) is 0 Å². The molecule has 3 aliphatic heterocycles. The van der Waals surface area contributed by atoms with Gasteiger partial charge in [0, 0.05) is 33.9 Å². The number of para-hydroxylation sites is 2. The van der Waals surface area contributed by atoms with Crippen LogP contribution in [-0.4, -0.2) is 6.71 Å². The van der Waals surface area contributed by atoms with E-state index in [4.69, 9.17) is 0 Å². The molecule has 3 heteroatoms. The van der Waals surface area contributed by atoms with Gasteiger partial charge in [0.15, 0.2) is 0 Å². The van der Waals surface area contributed by atoms with Gasteiger partial charge in [-0.05, 0) is 143 Å². The molecule has 0 N–H and O–H groups in total. The van der Waals surface area contributed by atoms with Gasteiger partial charge in [0.05, 0.1) is 5.69 Å². The van der Waals surface area contributed by atoms with Crippen LogP contribution in [0.25, 0.3) is 0 Å². The third kappa shape index (κ3) is 3.59. The Hall–Kier alpha value is -4.24. The summed E-state index contributed by atoms with van der Waals surface area (Å²) in [6.07, 6.45) is 8.13. The molecule has 7 aliphatic rings. The van der Waals surface area contributed by atoms with Crippen LogP contribution in [0.4, 0.5) is 34.1 Å². The minimum absolute atomic E-state index is 0.0695. The number of hydrogen-bond acceptors (Lipinski definition) is 2. The highest BCUT2D eigenvalue weighted by Gasteiger charge is 2.62. The smallest absolute Gasteiger partial charge is 0.252 e. The quantitative estimate of drug-likeness (QED) is 0.174. The first kappa shape index (κ1) is 28.6. The van der Waals surface area contributed by atoms with Gasteiger partial charge in [-0.3, -0.25) is 0 Å². The summed E-state index contributed by atoms with van der Waals surface area (Å²) in [4.78, 5) is 5.29. The van der Waals surface area contributed by atoms with Gasteiger partial charge in [-0.1, -0.05) is 94.4 Å². The number of benzene rings is 5. The first-order valence-corrected chi connectivity index (χ1v) is 19.1. The SMILES string of the molecule is CCc1ccc2c(c1)B1c3cccc4c3N(c3ccccc3C43C4CC5CC(C4)CC3C5)c3cccc(c31)N2c1cccc(C(C)(C)C)c1. The second-order valence-corrected chi connectivity index (χ2v) is 17.3. The molecule has 0 saturated heterocycles. The van der Waals surface area contributed by atoms with Crippen molar-refractivity contribution < 1.29 is 0 Å². The Morgan fingerprint density at radius 3 is 2.06 bits per heavy atom. The minimum atomic E-state index is 0.0695. The number of aryl methyl sites for hydroxylation is 1. The number of fused-ring (bicyclic) bond motifs is 6. The van der Waals surface area contributed by atoms with Gasteiger partial charge >= 0.3 is 0 Å². The lowest BCUT2D eigenvalue weighted by Crippen LogP contribution is -2.64. The Morgan fingerprint density at radius 2 is 1.31 bits per heavy atom. The van der Waals surface area contributed by atoms with Crippen molar-refractivity contribution in [3.63, 3.8) is 0 Å². The summed E-state index contributed by atoms with van der Waals surface area (Å²) in [5, 5.41) is 0. The molecule has 2 nitrogen and oxygen atoms in total. The summed E-state index contributed by atoms with van der Waals surface area (Å²) in [6.45, 7) is 9.46. The van der Waals surface area contributed by atoms with E-state index < -0.39 is 0 Å². The normalized spacial score (nSPS) is 26.4. The molecule has 5 aromatic carbocycles. The molecule has 0 aromatic heterocycles. The molecule has 0 amide bonds. The van der Waals surface area contributed by atoms with Gasteiger partial charge in [-0.25, -0.2) is 0 Å². The van der Waals surface area contributed by atoms with Crippen molar-refractivity contribution in [2.24, 2.45) is 23.7 Å². The van der Waals surface area contributed by atoms with Crippen molar-refractivity contribution in [2.45, 2.75) is 77.0 Å². The van der Waals surface area contributed by atoms with Crippen LogP contribution in [0.15, 0.2) is 103 Å². The van der Waals surface area contributed by atoms with Gasteiger partial charge < -0.3 is 9.80 Å². The third-order valence-electron chi connectivity index (χ3n) is 13.9. The summed E-state index contributed by atoms with van der Waals surface area (Å²) in [5.41, 5.74) is 18.8. The van der Waals surface area contributed by atoms with Crippen molar-refractivity contribution in [2.75, 3.05) is 9.80 Å². The topological polar surface area (TPSA) is 6.48 Å². The van der Waals surface area contributed by atoms with E-state index in [1.807, 2.05) is 0 Å². The van der Waals surface area contributed by atoms with E-state index in [0.717, 1.165) is 30.1 Å². The van der Waals surface area contributed by atoms with E-state index in [-0.39, 0.29) is 17.5 Å². The lowest BCUT2D eigenvalue weighted by molar-refractivity contribution is -0.0419. The van der Waals surface area contributed by atoms with Gasteiger partial charge in [0.1, 0.15) is 0 Å². The first-order valence-electron chi connectivity index (χ1n) is 19.1. The molecule has 4 saturated carbocycles. The van der Waals surface area contributed by atoms with Gasteiger partial charge in [-0.15, -0.1) is 0 Å². The fourth-order valence-corrected chi connectivity index (χ4v) is 12.2. The largest absolute Gasteiger partial charge is 0.311 e. The maximum absolute atomic E-state index is 2.71. The zero-order valence-corrected chi connectivity index (χ0v) is 29.3. The molecule has 0 unspecified atom stereocenters. The van der Waals surface area contributed by atoms with Crippen molar-refractivity contribution in [3.8, 4) is 0 Å². The molecular weight excluding hydrogens is 591 g/mol. The molecule has 4 fully saturated rings. The Bertz CT molecular complexity index is 2180. The maximum Gasteiger partial charge on any atom is 0.252 e. The van der Waals surface area contributed by atoms with Crippen LogP contribution >= 0.6 is 0 Å². The van der Waals surface area contributed by atoms with Crippen LogP contribution in [0.3, 0.4) is 0 Å². The Morgan fingerprint density at radius 1 is 0.633 bits per heavy atom. The first-order chi connectivity index (χ1) is 23.9. The zero-order valence-electron chi connectivity index (χ0n) is 29.3. The molecule has 4 aliphatic carbocycles. The van der Waals surface area contributed by atoms with Crippen molar-refractivity contribution >= 4 is 57.2 Å². The van der Waals surface area contributed by atoms with E-state index in [0.29, 0.717) is 0 Å². The predicted molar refractivity (Wildman–Crippen MR) is 206 cm³/mol. The molecule has 1 spiro atoms. The molecule has 242 valence electrons. The van der Waals surface area contributed by atoms with E-state index in [9.17, 15) is 0 Å². The maximum atomic E-state index is 2.71. The van der Waals surface area contributed by atoms with Crippen LogP contribution < -0.4 is 26.2 Å². The van der Waals surface area contributed by atoms with Crippen LogP contribution in [0, 0.1) is 23.7 Å². The minimum Gasteiger partial charge on any atom is -0.311 e. The highest BCUT2D eigenvalue weighted by molar-refractivity contribution is 7.00. The van der Waals surface area contributed by atoms with Crippen LogP contribution in [-0.2, 0) is 17.3 Å². The van der Waals surface area contributed by atoms with E-state index in [2.05, 4.69) is 141 Å². The van der Waals surface area contributed by atoms with Gasteiger partial charge in [-0.2, -0.15) is 0 Å². The fraction of sp³-hybridized carbons (Fsp3) is 0.348. The second kappa shape index (κ2) is 9.72. The average molecular weight is 637 g/mol. The van der Waals surface area contributed by atoms with E-state index in [1.54, 1.807) is 11.1 Å². The molecule has 3 heterocycles. The Kier molecular flexibility index (Phi) is 5.67. The van der Waals surface area contributed by atoms with E-state index in [1.165, 1.54) is 93.7 Å². The number of rotatable bonds is 2. The van der Waals surface area contributed by atoms with Gasteiger partial charge in [0.25, 0.3) is 6.71 Å². The lowest BCUT2D eigenvalue weighted by Gasteiger charge is -2.64. The molecule has 12 rings (SSSR count). The van der Waals surface area contributed by atoms with Gasteiger partial charge in [0.2, 0.25) is 0 Å². The Labute approximate surface area is 292 Å². The second-order valence-electron chi connectivity index (χ2n) is 17.3. The zero-order chi connectivity index (χ0) is 32.8. The average Bonchev–Trinajstić information content (AvgIpc) is 3.11. The number of hydrogen-bond donors (Lipinski definition) is 0. The molecule has 0 atom stereocenters. The third-order valence-corrected chi connectivity index (χ3v) is 13.9. The van der Waals surface area contributed by atoms with Crippen LogP contribution in [0.1, 0.15) is 82.1 Å². The summed E-state index contributed by atoms with van der Waals surface area (Å²) >= 11 is 0. The van der Waals surface area contributed by atoms with Crippen LogP contribution in [0.5, 0.6) is 0 Å². The summed E-state index contributed by atoms with van der Waals surface area (Å²) in [5.74, 6) is 3.34. The molecular formula is C46H45BN2. The highest BCUT2D eigenvalue weighted by atomic mass is 15.2. The lowest BCUT2D eigenvalue weighted by atomic mass is 9.32. The van der Waals surface area contributed by atoms with Crippen molar-refractivity contribution in [1.82, 2.24) is 0 Å². The van der Waals surface area contributed by atoms with E-state index >= 15 is 0 Å². The molecule has 4 bridgehead atoms. The number of anilines is 6. The molecule has 49 heavy (non-hydrogen) atoms. The molecule has 0 radical (unpaired) electrons. The fourth-order valence-electron chi connectivity index (χ4n) is 12.2. The van der Waals surface area contributed by atoms with Crippen molar-refractivity contribution in [1.29, 1.82) is 0 Å². The number of nitrogens with zero attached hydrogens (tertiary/aromatic N) is 2. The highest BCUT2D eigenvalue weighted by Crippen LogP contribution is 2.69. The summed E-state index contributed by atoms with van der Waals surface area (Å²) in [6, 6.07) is 40.9. The van der Waals surface area contributed by atoms with Crippen molar-refractivity contribution in [3.05, 3.63) is 125 Å².